The van der Waals surface area contributed by atoms with E-state index in [0.29, 0.717) is 0 Å². The van der Waals surface area contributed by atoms with Crippen molar-refractivity contribution in [1.82, 2.24) is 0 Å². The molecule has 0 aliphatic carbocycles. The zero-order valence-corrected chi connectivity index (χ0v) is 11.5. The maximum atomic E-state index is 12.7. The highest BCUT2D eigenvalue weighted by Gasteiger charge is 2.37. The Morgan fingerprint density at radius 3 is 2.38 bits per heavy atom. The minimum Gasteiger partial charge on any atom is -0.293 e. The summed E-state index contributed by atoms with van der Waals surface area (Å²) in [5.41, 5.74) is -1.44. The number of carbonyl (C=O) groups is 1. The lowest BCUT2D eigenvalue weighted by Crippen LogP contribution is -2.14. The second kappa shape index (κ2) is 5.06. The summed E-state index contributed by atoms with van der Waals surface area (Å²) in [6.45, 7) is 0. The van der Waals surface area contributed by atoms with Crippen LogP contribution in [0.3, 0.4) is 0 Å². The summed E-state index contributed by atoms with van der Waals surface area (Å²) in [6.07, 6.45) is -4.60. The number of rotatable bonds is 2. The highest BCUT2D eigenvalue weighted by molar-refractivity contribution is 9.10. The van der Waals surface area contributed by atoms with Gasteiger partial charge in [-0.25, -0.2) is 0 Å². The van der Waals surface area contributed by atoms with Crippen LogP contribution in [0.2, 0.25) is 5.02 Å². The maximum absolute atomic E-state index is 12.7. The second-order valence-electron chi connectivity index (χ2n) is 2.86. The molecule has 0 saturated heterocycles. The van der Waals surface area contributed by atoms with Crippen LogP contribution in [0.5, 0.6) is 0 Å². The first-order valence-electron chi connectivity index (χ1n) is 3.92. The van der Waals surface area contributed by atoms with Gasteiger partial charge in [-0.15, -0.1) is 0 Å². The van der Waals surface area contributed by atoms with Crippen molar-refractivity contribution in [3.63, 3.8) is 0 Å². The molecule has 0 bridgehead atoms. The smallest absolute Gasteiger partial charge is 0.293 e. The zero-order chi connectivity index (χ0) is 12.5. The van der Waals surface area contributed by atoms with Gasteiger partial charge in [0.1, 0.15) is 0 Å². The number of alkyl halides is 4. The average molecular weight is 380 g/mol. The molecule has 0 amide bonds. The fraction of sp³-hybridized carbons (Fsp3) is 0.222. The van der Waals surface area contributed by atoms with Crippen molar-refractivity contribution in [3.05, 3.63) is 32.8 Å². The molecular formula is C9H4Br2ClF3O. The molecule has 0 radical (unpaired) electrons. The molecule has 0 atom stereocenters. The maximum Gasteiger partial charge on any atom is 0.418 e. The molecule has 1 rings (SSSR count). The van der Waals surface area contributed by atoms with Crippen LogP contribution in [0.25, 0.3) is 0 Å². The van der Waals surface area contributed by atoms with Crippen LogP contribution in [0, 0.1) is 0 Å². The molecule has 0 fully saturated rings. The summed E-state index contributed by atoms with van der Waals surface area (Å²) >= 11 is 11.2. The van der Waals surface area contributed by atoms with Crippen molar-refractivity contribution in [3.8, 4) is 0 Å². The predicted molar refractivity (Wildman–Crippen MR) is 62.3 cm³/mol. The topological polar surface area (TPSA) is 17.1 Å². The highest BCUT2D eigenvalue weighted by atomic mass is 79.9. The van der Waals surface area contributed by atoms with E-state index in [0.717, 1.165) is 12.1 Å². The molecule has 1 nitrogen and oxygen atoms in total. The first kappa shape index (κ1) is 14.0. The van der Waals surface area contributed by atoms with Gasteiger partial charge >= 0.3 is 6.18 Å². The Bertz CT molecular complexity index is 431. The summed E-state index contributed by atoms with van der Waals surface area (Å²) in [6, 6.07) is 2.12. The molecule has 16 heavy (non-hydrogen) atoms. The minimum absolute atomic E-state index is 0.0733. The van der Waals surface area contributed by atoms with Gasteiger partial charge in [0.05, 0.1) is 10.9 Å². The van der Waals surface area contributed by atoms with Crippen molar-refractivity contribution < 1.29 is 18.0 Å². The average Bonchev–Trinajstić information content (AvgIpc) is 2.12. The fourth-order valence-electron chi connectivity index (χ4n) is 1.15. The second-order valence-corrected chi connectivity index (χ2v) is 4.72. The zero-order valence-electron chi connectivity index (χ0n) is 7.54. The van der Waals surface area contributed by atoms with Gasteiger partial charge in [-0.1, -0.05) is 43.5 Å². The van der Waals surface area contributed by atoms with Crippen molar-refractivity contribution in [1.29, 1.82) is 0 Å². The lowest BCUT2D eigenvalue weighted by Gasteiger charge is -2.13. The summed E-state index contributed by atoms with van der Waals surface area (Å²) in [7, 11) is 0. The Morgan fingerprint density at radius 1 is 1.38 bits per heavy atom. The van der Waals surface area contributed by atoms with Crippen LogP contribution in [0.1, 0.15) is 15.9 Å². The standard InChI is InChI=1S/C9H4Br2ClF3O/c10-3-7(16)5-1-4(12)2-6(11)8(5)9(13,14)15/h1-2H,3H2. The van der Waals surface area contributed by atoms with E-state index in [9.17, 15) is 18.0 Å². The third-order valence-electron chi connectivity index (χ3n) is 1.76. The molecule has 1 aromatic rings. The molecule has 0 N–H and O–H groups in total. The van der Waals surface area contributed by atoms with E-state index in [2.05, 4.69) is 31.9 Å². The van der Waals surface area contributed by atoms with Gasteiger partial charge in [-0.2, -0.15) is 13.2 Å². The van der Waals surface area contributed by atoms with Crippen LogP contribution in [0.4, 0.5) is 13.2 Å². The van der Waals surface area contributed by atoms with Crippen molar-refractivity contribution >= 4 is 49.2 Å². The monoisotopic (exact) mass is 378 g/mol. The number of Topliss-reactive ketones (excluding diaryl/α,β-unsaturated/α-hetero) is 1. The van der Waals surface area contributed by atoms with Crippen molar-refractivity contribution in [2.45, 2.75) is 6.18 Å². The van der Waals surface area contributed by atoms with E-state index in [4.69, 9.17) is 11.6 Å². The number of benzene rings is 1. The van der Waals surface area contributed by atoms with Gasteiger partial charge in [0.15, 0.2) is 5.78 Å². The van der Waals surface area contributed by atoms with Crippen LogP contribution in [0.15, 0.2) is 16.6 Å². The van der Waals surface area contributed by atoms with Gasteiger partial charge in [0.25, 0.3) is 0 Å². The third-order valence-corrected chi connectivity index (χ3v) is 3.11. The largest absolute Gasteiger partial charge is 0.418 e. The van der Waals surface area contributed by atoms with Crippen molar-refractivity contribution in [2.24, 2.45) is 0 Å². The van der Waals surface area contributed by atoms with Gasteiger partial charge in [0, 0.05) is 15.1 Å². The lowest BCUT2D eigenvalue weighted by molar-refractivity contribution is -0.138. The quantitative estimate of drug-likeness (QED) is 0.537. The Balaban J connectivity index is 3.51. The first-order chi connectivity index (χ1) is 7.27. The molecule has 0 spiro atoms. The lowest BCUT2D eigenvalue weighted by atomic mass is 10.0. The molecule has 1 aromatic carbocycles. The summed E-state index contributed by atoms with van der Waals surface area (Å²) in [5.74, 6) is -0.671. The minimum atomic E-state index is -4.60. The number of ketones is 1. The van der Waals surface area contributed by atoms with Crippen LogP contribution in [-0.2, 0) is 6.18 Å². The Morgan fingerprint density at radius 2 is 1.94 bits per heavy atom. The Hall–Kier alpha value is -0.0700. The van der Waals surface area contributed by atoms with E-state index in [-0.39, 0.29) is 14.8 Å². The molecule has 0 saturated carbocycles. The van der Waals surface area contributed by atoms with Gasteiger partial charge < -0.3 is 0 Å². The Labute approximate surface area is 111 Å². The number of hydrogen-bond acceptors (Lipinski definition) is 1. The fourth-order valence-corrected chi connectivity index (χ4v) is 2.49. The van der Waals surface area contributed by atoms with E-state index >= 15 is 0 Å². The van der Waals surface area contributed by atoms with Crippen LogP contribution in [-0.4, -0.2) is 11.1 Å². The molecule has 88 valence electrons. The molecule has 0 heterocycles. The van der Waals surface area contributed by atoms with Crippen LogP contribution >= 0.6 is 43.5 Å². The van der Waals surface area contributed by atoms with Gasteiger partial charge in [-0.05, 0) is 12.1 Å². The Kier molecular flexibility index (Phi) is 4.42. The van der Waals surface area contributed by atoms with Crippen LogP contribution < -0.4 is 0 Å². The van der Waals surface area contributed by atoms with Gasteiger partial charge in [-0.3, -0.25) is 4.79 Å². The number of halogens is 6. The van der Waals surface area contributed by atoms with E-state index < -0.39 is 23.1 Å². The highest BCUT2D eigenvalue weighted by Crippen LogP contribution is 2.39. The number of carbonyl (C=O) groups excluding carboxylic acids is 1. The molecule has 7 heteroatoms. The van der Waals surface area contributed by atoms with E-state index in [1.165, 1.54) is 0 Å². The summed E-state index contributed by atoms with van der Waals surface area (Å²) < 4.78 is 37.9. The van der Waals surface area contributed by atoms with Gasteiger partial charge in [0.2, 0.25) is 0 Å². The number of hydrogen-bond donors (Lipinski definition) is 0. The summed E-state index contributed by atoms with van der Waals surface area (Å²) in [4.78, 5) is 11.4. The molecule has 0 aliphatic rings. The molecular weight excluding hydrogens is 376 g/mol. The first-order valence-corrected chi connectivity index (χ1v) is 6.22. The normalized spacial score (nSPS) is 11.6. The third kappa shape index (κ3) is 2.99. The SMILES string of the molecule is O=C(CBr)c1cc(Cl)cc(Br)c1C(F)(F)F. The van der Waals surface area contributed by atoms with Crippen molar-refractivity contribution in [2.75, 3.05) is 5.33 Å². The van der Waals surface area contributed by atoms with E-state index in [1.54, 1.807) is 0 Å². The van der Waals surface area contributed by atoms with E-state index in [1.807, 2.05) is 0 Å². The molecule has 0 aromatic heterocycles. The summed E-state index contributed by atoms with van der Waals surface area (Å²) in [5, 5.41) is -0.118. The molecule has 0 aliphatic heterocycles. The predicted octanol–water partition coefficient (Wildman–Crippen LogP) is 4.70. The molecule has 0 unspecified atom stereocenters.